The third kappa shape index (κ3) is 4.43. The molecule has 0 fully saturated rings. The number of benzene rings is 2. The minimum Gasteiger partial charge on any atom is -0.497 e. The number of hydrogen-bond donors (Lipinski definition) is 1. The van der Waals surface area contributed by atoms with Crippen molar-refractivity contribution < 1.29 is 13.9 Å². The molecule has 1 aromatic heterocycles. The molecule has 0 unspecified atom stereocenters. The van der Waals surface area contributed by atoms with Crippen molar-refractivity contribution in [1.82, 2.24) is 19.9 Å². The number of nitrogens with zero attached hydrogens (tertiary/aromatic N) is 4. The number of carbonyl (C=O) groups excluding carboxylic acids is 1. The van der Waals surface area contributed by atoms with Crippen LogP contribution in [0.1, 0.15) is 29.0 Å². The molecule has 0 amide bonds. The maximum absolute atomic E-state index is 14.3. The smallest absolute Gasteiger partial charge is 0.183 e. The minimum atomic E-state index is -0.276. The standard InChI is InChI=1S/C21H24FN5O2/c1-14(28)20-21(27(25-24-20)15-9-11-16(29-4)12-10-15)23-13-19(26(2)3)17-7-5-6-8-18(17)22/h5-12,19,23H,13H2,1-4H3/t19-/m1/s1. The van der Waals surface area contributed by atoms with E-state index >= 15 is 0 Å². The molecule has 3 rings (SSSR count). The number of rotatable bonds is 8. The van der Waals surface area contributed by atoms with Crippen LogP contribution in [0.2, 0.25) is 0 Å². The molecule has 0 aliphatic heterocycles. The van der Waals surface area contributed by atoms with Crippen molar-refractivity contribution in [3.8, 4) is 11.4 Å². The Bertz CT molecular complexity index is 985. The van der Waals surface area contributed by atoms with Crippen LogP contribution < -0.4 is 10.1 Å². The van der Waals surface area contributed by atoms with Gasteiger partial charge in [-0.1, -0.05) is 23.4 Å². The Morgan fingerprint density at radius 2 is 1.90 bits per heavy atom. The average Bonchev–Trinajstić information content (AvgIpc) is 3.13. The molecule has 1 heterocycles. The summed E-state index contributed by atoms with van der Waals surface area (Å²) in [6, 6.07) is 13.7. The molecule has 0 spiro atoms. The first-order valence-electron chi connectivity index (χ1n) is 9.18. The molecule has 0 saturated heterocycles. The second-order valence-corrected chi connectivity index (χ2v) is 6.83. The van der Waals surface area contributed by atoms with Crippen molar-refractivity contribution in [2.45, 2.75) is 13.0 Å². The highest BCUT2D eigenvalue weighted by Gasteiger charge is 2.22. The van der Waals surface area contributed by atoms with Crippen molar-refractivity contribution in [3.05, 3.63) is 65.6 Å². The monoisotopic (exact) mass is 397 g/mol. The summed E-state index contributed by atoms with van der Waals surface area (Å²) in [5, 5.41) is 11.4. The number of likely N-dealkylation sites (N-methyl/N-ethyl adjacent to an activating group) is 1. The van der Waals surface area contributed by atoms with Crippen molar-refractivity contribution in [3.63, 3.8) is 0 Å². The molecule has 1 atom stereocenters. The van der Waals surface area contributed by atoms with Crippen LogP contribution in [0.5, 0.6) is 5.75 Å². The highest BCUT2D eigenvalue weighted by Crippen LogP contribution is 2.25. The number of halogens is 1. The van der Waals surface area contributed by atoms with E-state index in [1.807, 2.05) is 31.1 Å². The van der Waals surface area contributed by atoms with E-state index in [4.69, 9.17) is 4.74 Å². The van der Waals surface area contributed by atoms with Gasteiger partial charge < -0.3 is 15.0 Å². The van der Waals surface area contributed by atoms with Crippen LogP contribution in [0.4, 0.5) is 10.2 Å². The quantitative estimate of drug-likeness (QED) is 0.588. The zero-order valence-corrected chi connectivity index (χ0v) is 16.9. The molecule has 29 heavy (non-hydrogen) atoms. The van der Waals surface area contributed by atoms with Gasteiger partial charge in [0.2, 0.25) is 0 Å². The van der Waals surface area contributed by atoms with Crippen LogP contribution in [0.3, 0.4) is 0 Å². The number of anilines is 1. The van der Waals surface area contributed by atoms with Gasteiger partial charge in [0.05, 0.1) is 18.8 Å². The SMILES string of the molecule is COc1ccc(-n2nnc(C(C)=O)c2NC[C@H](c2ccccc2F)N(C)C)cc1. The van der Waals surface area contributed by atoms with Gasteiger partial charge in [0.1, 0.15) is 11.6 Å². The van der Waals surface area contributed by atoms with E-state index < -0.39 is 0 Å². The largest absolute Gasteiger partial charge is 0.497 e. The number of nitrogens with one attached hydrogen (secondary N) is 1. The number of hydrogen-bond acceptors (Lipinski definition) is 6. The second kappa shape index (κ2) is 8.83. The van der Waals surface area contributed by atoms with Crippen molar-refractivity contribution >= 4 is 11.6 Å². The Labute approximate surface area is 169 Å². The Morgan fingerprint density at radius 1 is 1.21 bits per heavy atom. The van der Waals surface area contributed by atoms with Crippen LogP contribution in [0.25, 0.3) is 5.69 Å². The summed E-state index contributed by atoms with van der Waals surface area (Å²) in [4.78, 5) is 14.0. The molecule has 0 radical (unpaired) electrons. The molecule has 152 valence electrons. The highest BCUT2D eigenvalue weighted by molar-refractivity contribution is 5.96. The first kappa shape index (κ1) is 20.5. The third-order valence-electron chi connectivity index (χ3n) is 4.67. The summed E-state index contributed by atoms with van der Waals surface area (Å²) in [5.74, 6) is 0.689. The fourth-order valence-corrected chi connectivity index (χ4v) is 3.09. The van der Waals surface area contributed by atoms with Crippen molar-refractivity contribution in [1.29, 1.82) is 0 Å². The van der Waals surface area contributed by atoms with Crippen molar-refractivity contribution in [2.75, 3.05) is 33.1 Å². The van der Waals surface area contributed by atoms with E-state index in [-0.39, 0.29) is 23.3 Å². The van der Waals surface area contributed by atoms with E-state index in [0.29, 0.717) is 23.7 Å². The maximum atomic E-state index is 14.3. The lowest BCUT2D eigenvalue weighted by molar-refractivity contribution is 0.101. The summed E-state index contributed by atoms with van der Waals surface area (Å²) < 4.78 is 21.1. The first-order valence-corrected chi connectivity index (χ1v) is 9.18. The number of Topliss-reactive ketones (excluding diaryl/α,β-unsaturated/α-hetero) is 1. The lowest BCUT2D eigenvalue weighted by Crippen LogP contribution is -2.28. The zero-order valence-electron chi connectivity index (χ0n) is 16.9. The summed E-state index contributed by atoms with van der Waals surface area (Å²) >= 11 is 0. The number of ketones is 1. The predicted octanol–water partition coefficient (Wildman–Crippen LogP) is 3.33. The van der Waals surface area contributed by atoms with Crippen LogP contribution in [0, 0.1) is 5.82 Å². The number of methoxy groups -OCH3 is 1. The van der Waals surface area contributed by atoms with Gasteiger partial charge in [-0.3, -0.25) is 4.79 Å². The van der Waals surface area contributed by atoms with Gasteiger partial charge in [0.15, 0.2) is 17.3 Å². The van der Waals surface area contributed by atoms with Crippen molar-refractivity contribution in [2.24, 2.45) is 0 Å². The van der Waals surface area contributed by atoms with Gasteiger partial charge >= 0.3 is 0 Å². The maximum Gasteiger partial charge on any atom is 0.183 e. The van der Waals surface area contributed by atoms with Crippen LogP contribution >= 0.6 is 0 Å². The normalized spacial score (nSPS) is 12.1. The molecular formula is C21H24FN5O2. The molecule has 8 heteroatoms. The summed E-state index contributed by atoms with van der Waals surface area (Å²) in [6.07, 6.45) is 0. The Kier molecular flexibility index (Phi) is 6.23. The van der Waals surface area contributed by atoms with Crippen LogP contribution in [0.15, 0.2) is 48.5 Å². The molecule has 1 N–H and O–H groups in total. The Morgan fingerprint density at radius 3 is 2.48 bits per heavy atom. The molecule has 0 saturated carbocycles. The predicted molar refractivity (Wildman–Crippen MR) is 109 cm³/mol. The third-order valence-corrected chi connectivity index (χ3v) is 4.67. The van der Waals surface area contributed by atoms with Gasteiger partial charge in [-0.15, -0.1) is 5.10 Å². The fourth-order valence-electron chi connectivity index (χ4n) is 3.09. The molecule has 7 nitrogen and oxygen atoms in total. The van der Waals surface area contributed by atoms with E-state index in [2.05, 4.69) is 15.6 Å². The topological polar surface area (TPSA) is 72.3 Å². The van der Waals surface area contributed by atoms with E-state index in [9.17, 15) is 9.18 Å². The Balaban J connectivity index is 1.93. The van der Waals surface area contributed by atoms with Gasteiger partial charge in [-0.2, -0.15) is 4.68 Å². The van der Waals surface area contributed by atoms with E-state index in [1.54, 1.807) is 42.1 Å². The zero-order chi connectivity index (χ0) is 21.0. The van der Waals surface area contributed by atoms with Crippen LogP contribution in [-0.2, 0) is 0 Å². The Hall–Kier alpha value is -3.26. The fraction of sp³-hybridized carbons (Fsp3) is 0.286. The van der Waals surface area contributed by atoms with Gasteiger partial charge in [-0.05, 0) is 44.4 Å². The number of carbonyl (C=O) groups is 1. The van der Waals surface area contributed by atoms with E-state index in [1.165, 1.54) is 13.0 Å². The van der Waals surface area contributed by atoms with Crippen LogP contribution in [-0.4, -0.2) is 53.4 Å². The lowest BCUT2D eigenvalue weighted by atomic mass is 10.1. The molecule has 0 aliphatic carbocycles. The summed E-state index contributed by atoms with van der Waals surface area (Å²) in [5.41, 5.74) is 1.52. The second-order valence-electron chi connectivity index (χ2n) is 6.83. The van der Waals surface area contributed by atoms with E-state index in [0.717, 1.165) is 5.69 Å². The number of ether oxygens (including phenoxy) is 1. The van der Waals surface area contributed by atoms with Gasteiger partial charge in [-0.25, -0.2) is 4.39 Å². The molecule has 0 bridgehead atoms. The van der Waals surface area contributed by atoms with Gasteiger partial charge in [0.25, 0.3) is 0 Å². The first-order chi connectivity index (χ1) is 13.9. The summed E-state index contributed by atoms with van der Waals surface area (Å²) in [7, 11) is 5.35. The average molecular weight is 397 g/mol. The highest BCUT2D eigenvalue weighted by atomic mass is 19.1. The molecule has 3 aromatic rings. The lowest BCUT2D eigenvalue weighted by Gasteiger charge is -2.26. The molecule has 2 aromatic carbocycles. The number of aromatic nitrogens is 3. The molecule has 0 aliphatic rings. The molecular weight excluding hydrogens is 373 g/mol. The summed E-state index contributed by atoms with van der Waals surface area (Å²) in [6.45, 7) is 1.80. The van der Waals surface area contributed by atoms with Gasteiger partial charge in [0, 0.05) is 19.0 Å². The minimum absolute atomic E-state index is 0.209.